The van der Waals surface area contributed by atoms with Gasteiger partial charge in [0.25, 0.3) is 0 Å². The average molecular weight is 956 g/mol. The summed E-state index contributed by atoms with van der Waals surface area (Å²) in [6.45, 7) is 1.29. The molecule has 0 aliphatic heterocycles. The number of hydrogen-bond donors (Lipinski definition) is 7. The predicted octanol–water partition coefficient (Wildman–Crippen LogP) is 10.1. The SMILES string of the molecule is N=C(N)c1ccc(OCCCCCOc2ccc(C(=N)N)cc2)cc1.Nc1ccc(S(=O)(=O)c2ccc(N)cc2)cc1.O=C1C(O)=C([C@H]2CC[C@H](c3ccc(Cl)cc3)CC2)C(=O)c2ccccc21. The van der Waals surface area contributed by atoms with Gasteiger partial charge in [-0.2, -0.15) is 0 Å². The second-order valence-electron chi connectivity index (χ2n) is 16.3. The fraction of sp³-hybridized carbons (Fsp3) is 0.208. The summed E-state index contributed by atoms with van der Waals surface area (Å²) >= 11 is 5.96. The number of sulfone groups is 1. The quantitative estimate of drug-likeness (QED) is 0.0234. The molecule has 15 heteroatoms. The lowest BCUT2D eigenvalue weighted by molar-refractivity contribution is 0.0914. The molecule has 0 unspecified atom stereocenters. The Hall–Kier alpha value is -7.42. The number of allylic oxidation sites excluding steroid dienone is 2. The number of carbonyl (C=O) groups excluding carboxylic acids is 2. The Morgan fingerprint density at radius 2 is 0.985 bits per heavy atom. The van der Waals surface area contributed by atoms with Gasteiger partial charge in [0.15, 0.2) is 11.5 Å². The number of unbranched alkanes of at least 4 members (excludes halogenated alkanes) is 2. The standard InChI is InChI=1S/C22H19ClO3.C19H24N4O2.C12H12N2O2S/c23-16-11-9-14(10-12-16)13-5-7-15(8-6-13)19-20(24)17-3-1-2-4-18(17)21(25)22(19)26;20-18(21)14-4-8-16(9-5-14)24-12-2-1-3-13-25-17-10-6-15(7-11-17)19(22)23;13-9-1-5-11(6-2-9)17(15,16)12-7-3-10(14)4-8-12/h1-4,9-13,15,26H,5-8H2;4-11H,1-3,12-13H2,(H3,20,21)(H3,22,23);1-8H,13-14H2/t13-,15-;;. The first-order chi connectivity index (χ1) is 32.6. The van der Waals surface area contributed by atoms with Gasteiger partial charge >= 0.3 is 0 Å². The smallest absolute Gasteiger partial charge is 0.228 e. The number of anilines is 2. The van der Waals surface area contributed by atoms with E-state index in [2.05, 4.69) is 12.1 Å². The van der Waals surface area contributed by atoms with Crippen molar-refractivity contribution in [1.29, 1.82) is 10.8 Å². The fourth-order valence-electron chi connectivity index (χ4n) is 7.86. The summed E-state index contributed by atoms with van der Waals surface area (Å²) in [4.78, 5) is 25.8. The molecule has 0 bridgehead atoms. The number of rotatable bonds is 14. The lowest BCUT2D eigenvalue weighted by atomic mass is 9.72. The Kier molecular flexibility index (Phi) is 17.2. The van der Waals surface area contributed by atoms with Crippen LogP contribution in [0.5, 0.6) is 11.5 Å². The van der Waals surface area contributed by atoms with Crippen LogP contribution in [0.1, 0.15) is 88.3 Å². The molecule has 13 nitrogen and oxygen atoms in total. The second kappa shape index (κ2) is 23.3. The average Bonchev–Trinajstić information content (AvgIpc) is 3.34. The molecule has 0 radical (unpaired) electrons. The van der Waals surface area contributed by atoms with Crippen molar-refractivity contribution >= 4 is 56.1 Å². The maximum absolute atomic E-state index is 12.9. The van der Waals surface area contributed by atoms with Crippen LogP contribution in [0, 0.1) is 16.7 Å². The van der Waals surface area contributed by atoms with Crippen LogP contribution in [0.25, 0.3) is 0 Å². The van der Waals surface area contributed by atoms with Crippen molar-refractivity contribution in [1.82, 2.24) is 0 Å². The van der Waals surface area contributed by atoms with Crippen molar-refractivity contribution < 1.29 is 32.6 Å². The predicted molar refractivity (Wildman–Crippen MR) is 268 cm³/mol. The molecule has 11 N–H and O–H groups in total. The highest BCUT2D eigenvalue weighted by Crippen LogP contribution is 2.42. The summed E-state index contributed by atoms with van der Waals surface area (Å²) in [7, 11) is -3.48. The van der Waals surface area contributed by atoms with Gasteiger partial charge in [0.2, 0.25) is 15.6 Å². The van der Waals surface area contributed by atoms with E-state index in [9.17, 15) is 23.1 Å². The molecule has 6 aromatic carbocycles. The number of aliphatic hydroxyl groups is 1. The molecule has 6 aromatic rings. The molecule has 352 valence electrons. The van der Waals surface area contributed by atoms with Gasteiger partial charge in [0.1, 0.15) is 23.2 Å². The summed E-state index contributed by atoms with van der Waals surface area (Å²) in [5.74, 6) is 1.05. The van der Waals surface area contributed by atoms with Crippen LogP contribution in [-0.4, -0.2) is 50.0 Å². The van der Waals surface area contributed by atoms with E-state index in [-0.39, 0.29) is 38.9 Å². The van der Waals surface area contributed by atoms with Crippen LogP contribution >= 0.6 is 11.6 Å². The number of nitrogens with two attached hydrogens (primary N) is 4. The Morgan fingerprint density at radius 3 is 1.41 bits per heavy atom. The van der Waals surface area contributed by atoms with Crippen LogP contribution < -0.4 is 32.4 Å². The fourth-order valence-corrected chi connectivity index (χ4v) is 9.25. The molecular formula is C53H55ClN6O7S. The van der Waals surface area contributed by atoms with E-state index in [1.165, 1.54) is 29.8 Å². The zero-order valence-corrected chi connectivity index (χ0v) is 38.9. The third-order valence-corrected chi connectivity index (χ3v) is 13.7. The minimum absolute atomic E-state index is 0.0579. The largest absolute Gasteiger partial charge is 0.504 e. The summed E-state index contributed by atoms with van der Waals surface area (Å²) in [6.07, 6.45) is 6.32. The van der Waals surface area contributed by atoms with Crippen molar-refractivity contribution in [3.8, 4) is 11.5 Å². The number of nitrogens with one attached hydrogen (secondary N) is 2. The van der Waals surface area contributed by atoms with Gasteiger partial charge in [-0.15, -0.1) is 0 Å². The van der Waals surface area contributed by atoms with Crippen LogP contribution in [0.4, 0.5) is 11.4 Å². The highest BCUT2D eigenvalue weighted by molar-refractivity contribution is 7.91. The number of ether oxygens (including phenoxy) is 2. The van der Waals surface area contributed by atoms with Gasteiger partial charge in [-0.25, -0.2) is 8.42 Å². The van der Waals surface area contributed by atoms with Gasteiger partial charge in [0, 0.05) is 44.2 Å². The molecule has 0 atom stereocenters. The molecule has 0 aromatic heterocycles. The summed E-state index contributed by atoms with van der Waals surface area (Å²) in [5.41, 5.74) is 26.6. The van der Waals surface area contributed by atoms with Gasteiger partial charge in [0.05, 0.1) is 23.0 Å². The number of halogens is 1. The molecule has 0 spiro atoms. The number of carbonyl (C=O) groups is 2. The zero-order chi connectivity index (χ0) is 48.8. The van der Waals surface area contributed by atoms with Gasteiger partial charge in [-0.05, 0) is 172 Å². The van der Waals surface area contributed by atoms with E-state index in [1.54, 1.807) is 72.8 Å². The topological polar surface area (TPSA) is 259 Å². The van der Waals surface area contributed by atoms with Crippen molar-refractivity contribution in [2.75, 3.05) is 24.7 Å². The first kappa shape index (κ1) is 50.0. The highest BCUT2D eigenvalue weighted by Gasteiger charge is 2.37. The Labute approximate surface area is 401 Å². The van der Waals surface area contributed by atoms with Crippen molar-refractivity contribution in [2.24, 2.45) is 17.4 Å². The van der Waals surface area contributed by atoms with Crippen LogP contribution in [-0.2, 0) is 9.84 Å². The molecule has 68 heavy (non-hydrogen) atoms. The molecule has 2 aliphatic rings. The van der Waals surface area contributed by atoms with E-state index in [0.717, 1.165) is 61.5 Å². The summed E-state index contributed by atoms with van der Waals surface area (Å²) < 4.78 is 35.7. The number of ketones is 2. The third kappa shape index (κ3) is 13.1. The number of aliphatic hydroxyl groups excluding tert-OH is 1. The minimum atomic E-state index is -3.48. The van der Waals surface area contributed by atoms with Gasteiger partial charge in [-0.1, -0.05) is 48.0 Å². The zero-order valence-electron chi connectivity index (χ0n) is 37.4. The van der Waals surface area contributed by atoms with E-state index < -0.39 is 15.6 Å². The van der Waals surface area contributed by atoms with Gasteiger partial charge < -0.3 is 37.5 Å². The molecule has 8 rings (SSSR count). The number of Topliss-reactive ketones (excluding diaryl/α,β-unsaturated/α-hetero) is 2. The van der Waals surface area contributed by atoms with E-state index in [4.69, 9.17) is 54.8 Å². The maximum Gasteiger partial charge on any atom is 0.228 e. The number of nitrogen functional groups attached to an aromatic ring is 4. The normalized spacial score (nSPS) is 15.4. The molecule has 1 saturated carbocycles. The lowest BCUT2D eigenvalue weighted by Gasteiger charge is -2.31. The number of benzene rings is 6. The van der Waals surface area contributed by atoms with E-state index >= 15 is 0 Å². The molecule has 1 fully saturated rings. The van der Waals surface area contributed by atoms with Crippen molar-refractivity contribution in [2.45, 2.75) is 60.7 Å². The monoisotopic (exact) mass is 954 g/mol. The Balaban J connectivity index is 0.000000172. The number of fused-ring (bicyclic) bond motifs is 1. The third-order valence-electron chi connectivity index (χ3n) is 11.6. The van der Waals surface area contributed by atoms with Gasteiger partial charge in [-0.3, -0.25) is 20.4 Å². The van der Waals surface area contributed by atoms with Crippen LogP contribution in [0.2, 0.25) is 5.02 Å². The lowest BCUT2D eigenvalue weighted by Crippen LogP contribution is -2.28. The molecule has 0 saturated heterocycles. The van der Waals surface area contributed by atoms with E-state index in [0.29, 0.717) is 58.3 Å². The van der Waals surface area contributed by atoms with Crippen molar-refractivity contribution in [3.05, 3.63) is 190 Å². The second-order valence-corrected chi connectivity index (χ2v) is 18.7. The molecular weight excluding hydrogens is 900 g/mol. The van der Waals surface area contributed by atoms with Crippen LogP contribution in [0.15, 0.2) is 167 Å². The first-order valence-electron chi connectivity index (χ1n) is 22.1. The summed E-state index contributed by atoms with van der Waals surface area (Å²) in [5, 5.41) is 25.8. The van der Waals surface area contributed by atoms with E-state index in [1.807, 2.05) is 36.4 Å². The summed E-state index contributed by atoms with van der Waals surface area (Å²) in [6, 6.07) is 41.2. The molecule has 0 heterocycles. The molecule has 0 amide bonds. The minimum Gasteiger partial charge on any atom is -0.504 e. The highest BCUT2D eigenvalue weighted by atomic mass is 35.5. The number of hydrogen-bond acceptors (Lipinski definition) is 11. The molecule has 2 aliphatic carbocycles. The Bertz CT molecular complexity index is 2730. The number of amidine groups is 2. The first-order valence-corrected chi connectivity index (χ1v) is 24.0. The van der Waals surface area contributed by atoms with Crippen molar-refractivity contribution in [3.63, 3.8) is 0 Å². The van der Waals surface area contributed by atoms with Crippen LogP contribution in [0.3, 0.4) is 0 Å². The maximum atomic E-state index is 12.9. The Morgan fingerprint density at radius 1 is 0.574 bits per heavy atom.